The Kier molecular flexibility index (Phi) is 4.20. The molecular formula is C31H20N2S. The van der Waals surface area contributed by atoms with Crippen LogP contribution in [0.25, 0.3) is 36.6 Å². The number of pyridine rings is 1. The van der Waals surface area contributed by atoms with Gasteiger partial charge in [-0.3, -0.25) is 0 Å². The van der Waals surface area contributed by atoms with Gasteiger partial charge in [0.05, 0.1) is 11.4 Å². The molecule has 0 atom stereocenters. The summed E-state index contributed by atoms with van der Waals surface area (Å²) in [4.78, 5) is 5.69. The van der Waals surface area contributed by atoms with Crippen LogP contribution in [-0.4, -0.2) is 16.3 Å². The van der Waals surface area contributed by atoms with Crippen LogP contribution in [0.15, 0.2) is 109 Å². The number of aromatic nitrogens is 1. The van der Waals surface area contributed by atoms with Gasteiger partial charge in [-0.25, -0.2) is 4.98 Å². The van der Waals surface area contributed by atoms with Crippen LogP contribution in [-0.2, 0) is 0 Å². The normalized spacial score (nSPS) is 13.5. The Labute approximate surface area is 201 Å². The van der Waals surface area contributed by atoms with Crippen molar-refractivity contribution in [3.05, 3.63) is 132 Å². The second kappa shape index (κ2) is 7.41. The van der Waals surface area contributed by atoms with Crippen molar-refractivity contribution in [1.29, 1.82) is 0 Å². The van der Waals surface area contributed by atoms with Gasteiger partial charge in [-0.15, -0.1) is 11.6 Å². The van der Waals surface area contributed by atoms with E-state index >= 15 is 0 Å². The average Bonchev–Trinajstić information content (AvgIpc) is 3.28. The smallest absolute Gasteiger partial charge is 0.316 e. The lowest BCUT2D eigenvalue weighted by atomic mass is 9.86. The van der Waals surface area contributed by atoms with Crippen LogP contribution >= 0.6 is 11.3 Å². The average molecular weight is 453 g/mol. The summed E-state index contributed by atoms with van der Waals surface area (Å²) in [5.41, 5.74) is 5.96. The van der Waals surface area contributed by atoms with Gasteiger partial charge < -0.3 is 4.58 Å². The van der Waals surface area contributed by atoms with Gasteiger partial charge in [-0.05, 0) is 39.9 Å². The highest BCUT2D eigenvalue weighted by atomic mass is 32.1. The number of hydrogen-bond donors (Lipinski definition) is 0. The van der Waals surface area contributed by atoms with Crippen molar-refractivity contribution >= 4 is 60.4 Å². The fourth-order valence-corrected chi connectivity index (χ4v) is 6.25. The molecule has 2 nitrogen and oxygen atoms in total. The lowest BCUT2D eigenvalue weighted by Gasteiger charge is -2.33. The molecule has 0 saturated heterocycles. The molecule has 160 valence electrons. The first-order chi connectivity index (χ1) is 16.8. The topological polar surface area (TPSA) is 15.9 Å². The van der Waals surface area contributed by atoms with E-state index in [2.05, 4.69) is 113 Å². The molecule has 34 heavy (non-hydrogen) atoms. The van der Waals surface area contributed by atoms with Gasteiger partial charge in [0.1, 0.15) is 10.4 Å². The lowest BCUT2D eigenvalue weighted by Crippen LogP contribution is -2.18. The van der Waals surface area contributed by atoms with Crippen molar-refractivity contribution in [2.45, 2.75) is 0 Å². The van der Waals surface area contributed by atoms with E-state index in [0.29, 0.717) is 0 Å². The molecule has 0 bridgehead atoms. The van der Waals surface area contributed by atoms with Crippen LogP contribution in [0.4, 0.5) is 5.69 Å². The molecule has 0 amide bonds. The summed E-state index contributed by atoms with van der Waals surface area (Å²) in [7, 11) is 0. The monoisotopic (exact) mass is 452 g/mol. The van der Waals surface area contributed by atoms with Crippen LogP contribution in [0.5, 0.6) is 0 Å². The predicted octanol–water partition coefficient (Wildman–Crippen LogP) is 7.97. The Morgan fingerprint density at radius 2 is 1.59 bits per heavy atom. The third-order valence-electron chi connectivity index (χ3n) is 6.67. The van der Waals surface area contributed by atoms with E-state index in [1.807, 2.05) is 12.3 Å². The number of benzene rings is 4. The SMILES string of the molecule is C=[N+]1c2ccc3ccccc3c2C(c2ccccc2)=C[C-]1c1cccc2c3cccnc3[s+][c-]12. The first-order valence-electron chi connectivity index (χ1n) is 11.3. The molecule has 3 heterocycles. The predicted molar refractivity (Wildman–Crippen MR) is 144 cm³/mol. The maximum absolute atomic E-state index is 4.62. The van der Waals surface area contributed by atoms with Crippen LogP contribution in [0.3, 0.4) is 0 Å². The van der Waals surface area contributed by atoms with E-state index in [1.54, 1.807) is 11.3 Å². The molecule has 3 heteroatoms. The fourth-order valence-electron chi connectivity index (χ4n) is 5.09. The van der Waals surface area contributed by atoms with Crippen LogP contribution in [0.1, 0.15) is 16.7 Å². The molecular weight excluding hydrogens is 432 g/mol. The summed E-state index contributed by atoms with van der Waals surface area (Å²) in [5.74, 6) is 0. The third-order valence-corrected chi connectivity index (χ3v) is 7.84. The molecule has 0 unspecified atom stereocenters. The molecule has 2 aromatic heterocycles. The highest BCUT2D eigenvalue weighted by Crippen LogP contribution is 2.46. The number of rotatable bonds is 2. The van der Waals surface area contributed by atoms with Crippen molar-refractivity contribution in [2.24, 2.45) is 0 Å². The van der Waals surface area contributed by atoms with Crippen LogP contribution in [0, 0.1) is 6.04 Å². The van der Waals surface area contributed by atoms with Crippen molar-refractivity contribution in [3.8, 4) is 0 Å². The minimum atomic E-state index is 1.07. The minimum absolute atomic E-state index is 1.07. The summed E-state index contributed by atoms with van der Waals surface area (Å²) in [6.07, 6.45) is 4.18. The number of nitrogens with zero attached hydrogens (tertiary/aromatic N) is 2. The Balaban J connectivity index is 1.53. The van der Waals surface area contributed by atoms with Gasteiger partial charge in [0.25, 0.3) is 0 Å². The maximum atomic E-state index is 4.62. The molecule has 1 aliphatic heterocycles. The Hall–Kier alpha value is -4.21. The second-order valence-electron chi connectivity index (χ2n) is 8.56. The largest absolute Gasteiger partial charge is 0.330 e. The van der Waals surface area contributed by atoms with E-state index in [9.17, 15) is 0 Å². The van der Waals surface area contributed by atoms with E-state index in [-0.39, 0.29) is 0 Å². The molecule has 0 saturated carbocycles. The van der Waals surface area contributed by atoms with E-state index < -0.39 is 0 Å². The van der Waals surface area contributed by atoms with Gasteiger partial charge in [0.15, 0.2) is 11.3 Å². The summed E-state index contributed by atoms with van der Waals surface area (Å²) >= 11 is 1.75. The molecule has 6 aromatic rings. The van der Waals surface area contributed by atoms with Crippen molar-refractivity contribution in [3.63, 3.8) is 0 Å². The molecule has 0 spiro atoms. The first kappa shape index (κ1) is 19.3. The summed E-state index contributed by atoms with van der Waals surface area (Å²) in [5, 5.41) is 4.92. The van der Waals surface area contributed by atoms with Gasteiger partial charge >= 0.3 is 4.83 Å². The Morgan fingerprint density at radius 1 is 0.765 bits per heavy atom. The lowest BCUT2D eigenvalue weighted by molar-refractivity contribution is -0.400. The quantitative estimate of drug-likeness (QED) is 0.148. The number of fused-ring (bicyclic) bond motifs is 6. The Bertz CT molecular complexity index is 1780. The molecule has 0 radical (unpaired) electrons. The molecule has 0 fully saturated rings. The third kappa shape index (κ3) is 2.77. The zero-order valence-corrected chi connectivity index (χ0v) is 19.2. The molecule has 4 aromatic carbocycles. The van der Waals surface area contributed by atoms with Crippen LogP contribution in [0.2, 0.25) is 0 Å². The summed E-state index contributed by atoms with van der Waals surface area (Å²) < 4.78 is 3.34. The van der Waals surface area contributed by atoms with Crippen molar-refractivity contribution < 1.29 is 4.58 Å². The molecule has 0 aliphatic carbocycles. The zero-order valence-electron chi connectivity index (χ0n) is 18.4. The van der Waals surface area contributed by atoms with Gasteiger partial charge in [-0.1, -0.05) is 83.9 Å². The highest BCUT2D eigenvalue weighted by Gasteiger charge is 2.26. The summed E-state index contributed by atoms with van der Waals surface area (Å²) in [6, 6.07) is 35.5. The van der Waals surface area contributed by atoms with Gasteiger partial charge in [0.2, 0.25) is 0 Å². The van der Waals surface area contributed by atoms with Crippen molar-refractivity contribution in [1.82, 2.24) is 4.98 Å². The number of hydrogen-bond acceptors (Lipinski definition) is 1. The van der Waals surface area contributed by atoms with Crippen molar-refractivity contribution in [2.75, 3.05) is 0 Å². The second-order valence-corrected chi connectivity index (χ2v) is 9.56. The van der Waals surface area contributed by atoms with Gasteiger partial charge in [-0.2, -0.15) is 6.07 Å². The summed E-state index contributed by atoms with van der Waals surface area (Å²) in [6.45, 7) is 4.53. The van der Waals surface area contributed by atoms with E-state index in [4.69, 9.17) is 0 Å². The zero-order chi connectivity index (χ0) is 22.6. The molecule has 0 N–H and O–H groups in total. The van der Waals surface area contributed by atoms with Crippen LogP contribution < -0.4 is 0 Å². The maximum Gasteiger partial charge on any atom is 0.316 e. The fraction of sp³-hybridized carbons (Fsp3) is 0. The highest BCUT2D eigenvalue weighted by molar-refractivity contribution is 7.25. The molecule has 1 aliphatic rings. The van der Waals surface area contributed by atoms with Gasteiger partial charge in [0, 0.05) is 12.9 Å². The Morgan fingerprint density at radius 3 is 2.50 bits per heavy atom. The van der Waals surface area contributed by atoms with E-state index in [1.165, 1.54) is 48.5 Å². The standard InChI is InChI=1S/C31H20N2S/c1-33-27-17-16-21-11-5-6-12-22(21)29(27)26(20-9-3-2-4-10-20)19-28(33)25-14-7-13-23-24-15-8-18-32-31(24)34-30(23)25/h2-19H,1H2. The molecule has 7 rings (SSSR count). The minimum Gasteiger partial charge on any atom is -0.330 e. The number of thiophene rings is 1. The first-order valence-corrected chi connectivity index (χ1v) is 12.1. The van der Waals surface area contributed by atoms with E-state index in [0.717, 1.165) is 16.6 Å².